The number of esters is 1. The quantitative estimate of drug-likeness (QED) is 0.637. The molecule has 2 aromatic carbocycles. The lowest BCUT2D eigenvalue weighted by atomic mass is 10.00. The van der Waals surface area contributed by atoms with E-state index in [1.807, 2.05) is 56.3 Å². The van der Waals surface area contributed by atoms with Crippen LogP contribution in [0.5, 0.6) is 0 Å². The van der Waals surface area contributed by atoms with Crippen molar-refractivity contribution in [2.24, 2.45) is 0 Å². The third kappa shape index (κ3) is 3.73. The van der Waals surface area contributed by atoms with Crippen LogP contribution in [0.25, 0.3) is 10.9 Å². The Hall–Kier alpha value is -3.21. The first kappa shape index (κ1) is 19.1. The summed E-state index contributed by atoms with van der Waals surface area (Å²) < 4.78 is 5.46. The molecule has 4 rings (SSSR count). The number of fused-ring (bicyclic) bond motifs is 2. The van der Waals surface area contributed by atoms with Crippen molar-refractivity contribution in [3.8, 4) is 0 Å². The fourth-order valence-electron chi connectivity index (χ4n) is 3.96. The number of para-hydroxylation sites is 1. The Balaban J connectivity index is 1.51. The maximum atomic E-state index is 12.9. The summed E-state index contributed by atoms with van der Waals surface area (Å²) in [4.78, 5) is 32.0. The summed E-state index contributed by atoms with van der Waals surface area (Å²) in [6.07, 6.45) is 1.55. The molecular formula is C24H24N2O3. The molecular weight excluding hydrogens is 364 g/mol. The molecule has 0 unspecified atom stereocenters. The molecule has 1 aliphatic heterocycles. The standard InChI is InChI=1S/C24H24N2O3/c1-3-20-16(2)23(19-10-6-7-11-21(19)25-20)24(28)29-15-22(27)26-13-12-17-8-4-5-9-18(17)14-26/h4-11H,3,12-15H2,1-2H3. The largest absolute Gasteiger partial charge is 0.452 e. The predicted molar refractivity (Wildman–Crippen MR) is 112 cm³/mol. The molecule has 3 aromatic rings. The molecule has 1 amide bonds. The Morgan fingerprint density at radius 3 is 2.59 bits per heavy atom. The van der Waals surface area contributed by atoms with E-state index in [1.54, 1.807) is 4.90 Å². The molecule has 29 heavy (non-hydrogen) atoms. The lowest BCUT2D eigenvalue weighted by molar-refractivity contribution is -0.135. The van der Waals surface area contributed by atoms with Crippen LogP contribution in [0.4, 0.5) is 0 Å². The number of aryl methyl sites for hydroxylation is 1. The molecule has 148 valence electrons. The highest BCUT2D eigenvalue weighted by molar-refractivity contribution is 6.05. The normalized spacial score (nSPS) is 13.2. The molecule has 0 spiro atoms. The molecule has 0 saturated carbocycles. The molecule has 5 nitrogen and oxygen atoms in total. The summed E-state index contributed by atoms with van der Waals surface area (Å²) in [5.41, 5.74) is 5.39. The van der Waals surface area contributed by atoms with Gasteiger partial charge in [-0.1, -0.05) is 49.4 Å². The number of pyridine rings is 1. The van der Waals surface area contributed by atoms with E-state index in [9.17, 15) is 9.59 Å². The number of carbonyl (C=O) groups is 2. The molecule has 0 fully saturated rings. The first-order valence-electron chi connectivity index (χ1n) is 9.98. The summed E-state index contributed by atoms with van der Waals surface area (Å²) >= 11 is 0. The summed E-state index contributed by atoms with van der Waals surface area (Å²) in [6, 6.07) is 15.7. The average Bonchev–Trinajstić information content (AvgIpc) is 2.76. The first-order chi connectivity index (χ1) is 14.1. The van der Waals surface area contributed by atoms with Gasteiger partial charge in [0.05, 0.1) is 11.1 Å². The minimum absolute atomic E-state index is 0.167. The van der Waals surface area contributed by atoms with Crippen molar-refractivity contribution in [2.75, 3.05) is 13.2 Å². The van der Waals surface area contributed by atoms with E-state index in [4.69, 9.17) is 4.74 Å². The summed E-state index contributed by atoms with van der Waals surface area (Å²) in [5.74, 6) is -0.638. The number of carbonyl (C=O) groups excluding carboxylic acids is 2. The number of ether oxygens (including phenoxy) is 1. The SMILES string of the molecule is CCc1nc2ccccc2c(C(=O)OCC(=O)N2CCc3ccccc3C2)c1C. The zero-order valence-corrected chi connectivity index (χ0v) is 16.8. The van der Waals surface area contributed by atoms with E-state index in [0.29, 0.717) is 18.7 Å². The molecule has 0 radical (unpaired) electrons. The van der Waals surface area contributed by atoms with Gasteiger partial charge in [-0.2, -0.15) is 0 Å². The van der Waals surface area contributed by atoms with Gasteiger partial charge in [-0.25, -0.2) is 4.79 Å². The Labute approximate surface area is 170 Å². The third-order valence-electron chi connectivity index (χ3n) is 5.59. The zero-order chi connectivity index (χ0) is 20.4. The number of hydrogen-bond donors (Lipinski definition) is 0. The van der Waals surface area contributed by atoms with Crippen LogP contribution in [0.3, 0.4) is 0 Å². The summed E-state index contributed by atoms with van der Waals surface area (Å²) in [5, 5.41) is 0.756. The van der Waals surface area contributed by atoms with Crippen LogP contribution in [-0.2, 0) is 28.9 Å². The minimum Gasteiger partial charge on any atom is -0.452 e. The van der Waals surface area contributed by atoms with Gasteiger partial charge < -0.3 is 9.64 Å². The Bertz CT molecular complexity index is 1090. The summed E-state index contributed by atoms with van der Waals surface area (Å²) in [6.45, 7) is 4.85. The Morgan fingerprint density at radius 1 is 1.07 bits per heavy atom. The van der Waals surface area contributed by atoms with E-state index in [2.05, 4.69) is 11.1 Å². The van der Waals surface area contributed by atoms with Crippen LogP contribution in [0.1, 0.15) is 39.7 Å². The predicted octanol–water partition coefficient (Wildman–Crippen LogP) is 3.85. The third-order valence-corrected chi connectivity index (χ3v) is 5.59. The van der Waals surface area contributed by atoms with E-state index < -0.39 is 5.97 Å². The van der Waals surface area contributed by atoms with Gasteiger partial charge >= 0.3 is 5.97 Å². The zero-order valence-electron chi connectivity index (χ0n) is 16.8. The first-order valence-corrected chi connectivity index (χ1v) is 9.98. The Morgan fingerprint density at radius 2 is 1.79 bits per heavy atom. The number of benzene rings is 2. The highest BCUT2D eigenvalue weighted by atomic mass is 16.5. The van der Waals surface area contributed by atoms with E-state index in [1.165, 1.54) is 5.56 Å². The molecule has 0 saturated heterocycles. The van der Waals surface area contributed by atoms with Crippen LogP contribution in [-0.4, -0.2) is 34.9 Å². The van der Waals surface area contributed by atoms with Crippen LogP contribution in [0.2, 0.25) is 0 Å². The highest BCUT2D eigenvalue weighted by Gasteiger charge is 2.23. The maximum Gasteiger partial charge on any atom is 0.339 e. The van der Waals surface area contributed by atoms with E-state index >= 15 is 0 Å². The van der Waals surface area contributed by atoms with Crippen molar-refractivity contribution in [1.29, 1.82) is 0 Å². The van der Waals surface area contributed by atoms with Gasteiger partial charge in [-0.3, -0.25) is 9.78 Å². The molecule has 1 aromatic heterocycles. The smallest absolute Gasteiger partial charge is 0.339 e. The fraction of sp³-hybridized carbons (Fsp3) is 0.292. The van der Waals surface area contributed by atoms with Gasteiger partial charge in [0, 0.05) is 24.2 Å². The van der Waals surface area contributed by atoms with E-state index in [0.717, 1.165) is 40.6 Å². The molecule has 2 heterocycles. The molecule has 0 aliphatic carbocycles. The van der Waals surface area contributed by atoms with Gasteiger partial charge in [0.1, 0.15) is 0 Å². The van der Waals surface area contributed by atoms with Crippen LogP contribution >= 0.6 is 0 Å². The van der Waals surface area contributed by atoms with E-state index in [-0.39, 0.29) is 12.5 Å². The van der Waals surface area contributed by atoms with Gasteiger partial charge in [0.15, 0.2) is 6.61 Å². The van der Waals surface area contributed by atoms with Crippen molar-refractivity contribution in [3.63, 3.8) is 0 Å². The second kappa shape index (κ2) is 8.03. The molecule has 5 heteroatoms. The van der Waals surface area contributed by atoms with Crippen LogP contribution in [0.15, 0.2) is 48.5 Å². The number of rotatable bonds is 4. The monoisotopic (exact) mass is 388 g/mol. The van der Waals surface area contributed by atoms with Crippen LogP contribution < -0.4 is 0 Å². The van der Waals surface area contributed by atoms with Crippen LogP contribution in [0, 0.1) is 6.92 Å². The van der Waals surface area contributed by atoms with Crippen molar-refractivity contribution < 1.29 is 14.3 Å². The van der Waals surface area contributed by atoms with Gasteiger partial charge in [-0.15, -0.1) is 0 Å². The number of hydrogen-bond acceptors (Lipinski definition) is 4. The molecule has 0 bridgehead atoms. The minimum atomic E-state index is -0.471. The van der Waals surface area contributed by atoms with Crippen molar-refractivity contribution in [2.45, 2.75) is 33.2 Å². The second-order valence-corrected chi connectivity index (χ2v) is 7.34. The van der Waals surface area contributed by atoms with Crippen molar-refractivity contribution in [3.05, 3.63) is 76.5 Å². The second-order valence-electron chi connectivity index (χ2n) is 7.34. The lowest BCUT2D eigenvalue weighted by Gasteiger charge is -2.28. The number of amides is 1. The topological polar surface area (TPSA) is 59.5 Å². The fourth-order valence-corrected chi connectivity index (χ4v) is 3.96. The average molecular weight is 388 g/mol. The lowest BCUT2D eigenvalue weighted by Crippen LogP contribution is -2.38. The van der Waals surface area contributed by atoms with Gasteiger partial charge in [0.2, 0.25) is 0 Å². The molecule has 0 atom stereocenters. The molecule has 1 aliphatic rings. The van der Waals surface area contributed by atoms with Crippen molar-refractivity contribution in [1.82, 2.24) is 9.88 Å². The Kier molecular flexibility index (Phi) is 5.30. The van der Waals surface area contributed by atoms with Crippen molar-refractivity contribution >= 4 is 22.8 Å². The highest BCUT2D eigenvalue weighted by Crippen LogP contribution is 2.24. The van der Waals surface area contributed by atoms with Gasteiger partial charge in [0.25, 0.3) is 5.91 Å². The number of nitrogens with zero attached hydrogens (tertiary/aromatic N) is 2. The van der Waals surface area contributed by atoms with Gasteiger partial charge in [-0.05, 0) is 42.5 Å². The maximum absolute atomic E-state index is 12.9. The summed E-state index contributed by atoms with van der Waals surface area (Å²) in [7, 11) is 0. The molecule has 0 N–H and O–H groups in total. The number of aromatic nitrogens is 1.